The zero-order chi connectivity index (χ0) is 13.9. The van der Waals surface area contributed by atoms with E-state index >= 15 is 0 Å². The fraction of sp³-hybridized carbons (Fsp3) is 0.385. The molecular formula is C13H18N2O3. The number of carboxylic acids is 1. The lowest BCUT2D eigenvalue weighted by molar-refractivity contribution is -0.142. The first-order chi connectivity index (χ1) is 8.21. The van der Waals surface area contributed by atoms with Gasteiger partial charge in [-0.25, -0.2) is 4.79 Å². The van der Waals surface area contributed by atoms with Gasteiger partial charge < -0.3 is 16.2 Å². The second-order valence-electron chi connectivity index (χ2n) is 5.23. The van der Waals surface area contributed by atoms with Crippen LogP contribution in [0.2, 0.25) is 0 Å². The number of carboxylic acid groups (broad SMARTS) is 1. The smallest absolute Gasteiger partial charge is 0.326 e. The third-order valence-corrected chi connectivity index (χ3v) is 2.56. The minimum absolute atomic E-state index is 0.389. The van der Waals surface area contributed by atoms with Crippen LogP contribution in [-0.2, 0) is 4.79 Å². The normalized spacial score (nSPS) is 12.8. The Morgan fingerprint density at radius 3 is 2.11 bits per heavy atom. The van der Waals surface area contributed by atoms with Gasteiger partial charge in [0.2, 0.25) is 0 Å². The number of nitrogen functional groups attached to an aromatic ring is 1. The molecule has 0 saturated carbocycles. The first kappa shape index (κ1) is 14.0. The van der Waals surface area contributed by atoms with Gasteiger partial charge in [0.1, 0.15) is 6.04 Å². The molecule has 18 heavy (non-hydrogen) atoms. The number of carbonyl (C=O) groups is 2. The monoisotopic (exact) mass is 250 g/mol. The summed E-state index contributed by atoms with van der Waals surface area (Å²) in [5, 5.41) is 11.6. The van der Waals surface area contributed by atoms with E-state index in [2.05, 4.69) is 5.32 Å². The number of amides is 1. The zero-order valence-corrected chi connectivity index (χ0v) is 10.7. The molecular weight excluding hydrogens is 232 g/mol. The van der Waals surface area contributed by atoms with Gasteiger partial charge in [-0.2, -0.15) is 0 Å². The Balaban J connectivity index is 2.86. The number of anilines is 1. The Morgan fingerprint density at radius 1 is 1.22 bits per heavy atom. The second kappa shape index (κ2) is 5.08. The molecule has 1 amide bonds. The van der Waals surface area contributed by atoms with Crippen molar-refractivity contribution in [3.63, 3.8) is 0 Å². The van der Waals surface area contributed by atoms with Crippen LogP contribution < -0.4 is 11.1 Å². The number of benzene rings is 1. The molecule has 0 spiro atoms. The SMILES string of the molecule is CC(C)(C)[C@H](NC(=O)c1ccc(N)cc1)C(=O)O. The van der Waals surface area contributed by atoms with Crippen LogP contribution in [-0.4, -0.2) is 23.0 Å². The summed E-state index contributed by atoms with van der Waals surface area (Å²) in [5.41, 5.74) is 5.90. The van der Waals surface area contributed by atoms with Crippen LogP contribution in [0, 0.1) is 5.41 Å². The van der Waals surface area contributed by atoms with Gasteiger partial charge in [-0.15, -0.1) is 0 Å². The third kappa shape index (κ3) is 3.48. The maximum Gasteiger partial charge on any atom is 0.326 e. The van der Waals surface area contributed by atoms with Gasteiger partial charge in [-0.1, -0.05) is 20.8 Å². The highest BCUT2D eigenvalue weighted by molar-refractivity contribution is 5.97. The lowest BCUT2D eigenvalue weighted by Crippen LogP contribution is -2.49. The third-order valence-electron chi connectivity index (χ3n) is 2.56. The molecule has 1 aromatic rings. The summed E-state index contributed by atoms with van der Waals surface area (Å²) in [6.07, 6.45) is 0. The number of hydrogen-bond acceptors (Lipinski definition) is 3. The molecule has 0 saturated heterocycles. The van der Waals surface area contributed by atoms with Gasteiger partial charge in [0.05, 0.1) is 0 Å². The minimum atomic E-state index is -1.05. The Bertz CT molecular complexity index is 446. The van der Waals surface area contributed by atoms with Crippen molar-refractivity contribution in [2.24, 2.45) is 5.41 Å². The molecule has 0 heterocycles. The van der Waals surface area contributed by atoms with Crippen molar-refractivity contribution in [1.82, 2.24) is 5.32 Å². The van der Waals surface area contributed by atoms with Crippen LogP contribution >= 0.6 is 0 Å². The molecule has 1 rings (SSSR count). The van der Waals surface area contributed by atoms with Gasteiger partial charge in [0.25, 0.3) is 5.91 Å². The standard InChI is InChI=1S/C13H18N2O3/c1-13(2,3)10(12(17)18)15-11(16)8-4-6-9(14)7-5-8/h4-7,10H,14H2,1-3H3,(H,15,16)(H,17,18)/t10-/m1/s1. The highest BCUT2D eigenvalue weighted by Gasteiger charge is 2.32. The minimum Gasteiger partial charge on any atom is -0.480 e. The summed E-state index contributed by atoms with van der Waals surface area (Å²) < 4.78 is 0. The molecule has 0 radical (unpaired) electrons. The van der Waals surface area contributed by atoms with E-state index in [1.165, 1.54) is 0 Å². The molecule has 0 aliphatic rings. The molecule has 0 unspecified atom stereocenters. The van der Waals surface area contributed by atoms with E-state index in [0.717, 1.165) is 0 Å². The van der Waals surface area contributed by atoms with E-state index in [-0.39, 0.29) is 0 Å². The lowest BCUT2D eigenvalue weighted by Gasteiger charge is -2.27. The van der Waals surface area contributed by atoms with Crippen LogP contribution in [0.25, 0.3) is 0 Å². The van der Waals surface area contributed by atoms with Crippen molar-refractivity contribution < 1.29 is 14.7 Å². The van der Waals surface area contributed by atoms with E-state index in [1.54, 1.807) is 45.0 Å². The summed E-state index contributed by atoms with van der Waals surface area (Å²) in [6.45, 7) is 5.28. The van der Waals surface area contributed by atoms with Crippen molar-refractivity contribution >= 4 is 17.6 Å². The fourth-order valence-corrected chi connectivity index (χ4v) is 1.50. The second-order valence-corrected chi connectivity index (χ2v) is 5.23. The Hall–Kier alpha value is -2.04. The van der Waals surface area contributed by atoms with Crippen molar-refractivity contribution in [2.45, 2.75) is 26.8 Å². The quantitative estimate of drug-likeness (QED) is 0.709. The molecule has 0 fully saturated rings. The van der Waals surface area contributed by atoms with E-state index in [1.807, 2.05) is 0 Å². The molecule has 0 aliphatic heterocycles. The number of nitrogens with two attached hydrogens (primary N) is 1. The van der Waals surface area contributed by atoms with E-state index < -0.39 is 23.3 Å². The van der Waals surface area contributed by atoms with E-state index in [4.69, 9.17) is 10.8 Å². The molecule has 0 aliphatic carbocycles. The number of aliphatic carboxylic acids is 1. The predicted molar refractivity (Wildman–Crippen MR) is 69.2 cm³/mol. The Kier molecular flexibility index (Phi) is 3.96. The zero-order valence-electron chi connectivity index (χ0n) is 10.7. The highest BCUT2D eigenvalue weighted by atomic mass is 16.4. The summed E-state index contributed by atoms with van der Waals surface area (Å²) >= 11 is 0. The first-order valence-electron chi connectivity index (χ1n) is 5.61. The average molecular weight is 250 g/mol. The largest absolute Gasteiger partial charge is 0.480 e. The van der Waals surface area contributed by atoms with Crippen molar-refractivity contribution in [1.29, 1.82) is 0 Å². The molecule has 0 aromatic heterocycles. The molecule has 1 aromatic carbocycles. The van der Waals surface area contributed by atoms with Crippen molar-refractivity contribution in [2.75, 3.05) is 5.73 Å². The van der Waals surface area contributed by atoms with Crippen molar-refractivity contribution in [3.05, 3.63) is 29.8 Å². The maximum absolute atomic E-state index is 11.9. The fourth-order valence-electron chi connectivity index (χ4n) is 1.50. The maximum atomic E-state index is 11.9. The van der Waals surface area contributed by atoms with Gasteiger partial charge >= 0.3 is 5.97 Å². The average Bonchev–Trinajstić information content (AvgIpc) is 2.24. The summed E-state index contributed by atoms with van der Waals surface area (Å²) in [6, 6.07) is 5.38. The summed E-state index contributed by atoms with van der Waals surface area (Å²) in [7, 11) is 0. The van der Waals surface area contributed by atoms with Gasteiger partial charge in [0, 0.05) is 11.3 Å². The van der Waals surface area contributed by atoms with Gasteiger partial charge in [-0.05, 0) is 29.7 Å². The van der Waals surface area contributed by atoms with Gasteiger partial charge in [-0.3, -0.25) is 4.79 Å². The molecule has 4 N–H and O–H groups in total. The summed E-state index contributed by atoms with van der Waals surface area (Å²) in [5.74, 6) is -1.47. The molecule has 98 valence electrons. The Labute approximate surface area is 106 Å². The van der Waals surface area contributed by atoms with Crippen LogP contribution in [0.4, 0.5) is 5.69 Å². The van der Waals surface area contributed by atoms with Crippen molar-refractivity contribution in [3.8, 4) is 0 Å². The predicted octanol–water partition coefficient (Wildman–Crippen LogP) is 1.50. The number of nitrogens with one attached hydrogen (secondary N) is 1. The highest BCUT2D eigenvalue weighted by Crippen LogP contribution is 2.20. The topological polar surface area (TPSA) is 92.4 Å². The number of rotatable bonds is 3. The molecule has 1 atom stereocenters. The van der Waals surface area contributed by atoms with Crippen LogP contribution in [0.5, 0.6) is 0 Å². The molecule has 5 nitrogen and oxygen atoms in total. The number of hydrogen-bond donors (Lipinski definition) is 3. The lowest BCUT2D eigenvalue weighted by atomic mass is 9.86. The van der Waals surface area contributed by atoms with Gasteiger partial charge in [0.15, 0.2) is 0 Å². The van der Waals surface area contributed by atoms with E-state index in [0.29, 0.717) is 11.3 Å². The molecule has 0 bridgehead atoms. The Morgan fingerprint density at radius 2 is 1.72 bits per heavy atom. The summed E-state index contributed by atoms with van der Waals surface area (Å²) in [4.78, 5) is 23.0. The van der Waals surface area contributed by atoms with Crippen LogP contribution in [0.1, 0.15) is 31.1 Å². The number of carbonyl (C=O) groups excluding carboxylic acids is 1. The molecule has 5 heteroatoms. The van der Waals surface area contributed by atoms with Crippen LogP contribution in [0.15, 0.2) is 24.3 Å². The van der Waals surface area contributed by atoms with E-state index in [9.17, 15) is 9.59 Å². The van der Waals surface area contributed by atoms with Crippen LogP contribution in [0.3, 0.4) is 0 Å². The first-order valence-corrected chi connectivity index (χ1v) is 5.61.